The van der Waals surface area contributed by atoms with Crippen molar-refractivity contribution >= 4 is 21.4 Å². The van der Waals surface area contributed by atoms with E-state index >= 15 is 0 Å². The lowest BCUT2D eigenvalue weighted by Crippen LogP contribution is -2.27. The van der Waals surface area contributed by atoms with Crippen LogP contribution in [0.4, 0.5) is 0 Å². The lowest BCUT2D eigenvalue weighted by atomic mass is 10.1. The van der Waals surface area contributed by atoms with Crippen LogP contribution in [0.2, 0.25) is 0 Å². The lowest BCUT2D eigenvalue weighted by molar-refractivity contribution is 0.184. The quantitative estimate of drug-likeness (QED) is 0.816. The largest absolute Gasteiger partial charge is 0.381 e. The van der Waals surface area contributed by atoms with Crippen molar-refractivity contribution in [1.82, 2.24) is 4.72 Å². The Morgan fingerprint density at radius 1 is 1.56 bits per heavy atom. The maximum Gasteiger partial charge on any atom is 0.241 e. The van der Waals surface area contributed by atoms with Crippen LogP contribution < -0.4 is 10.5 Å². The second-order valence-electron chi connectivity index (χ2n) is 4.33. The van der Waals surface area contributed by atoms with Crippen LogP contribution in [0, 0.1) is 5.92 Å². The van der Waals surface area contributed by atoms with Gasteiger partial charge in [-0.15, -0.1) is 11.3 Å². The highest BCUT2D eigenvalue weighted by Gasteiger charge is 2.20. The highest BCUT2D eigenvalue weighted by Crippen LogP contribution is 2.21. The highest BCUT2D eigenvalue weighted by atomic mass is 32.2. The first kappa shape index (κ1) is 14.0. The third kappa shape index (κ3) is 3.30. The molecule has 1 unspecified atom stereocenters. The highest BCUT2D eigenvalue weighted by molar-refractivity contribution is 7.89. The number of hydrogen-bond donors (Lipinski definition) is 2. The molecule has 102 valence electrons. The molecule has 1 saturated heterocycles. The summed E-state index contributed by atoms with van der Waals surface area (Å²) in [6, 6.07) is 1.61. The van der Waals surface area contributed by atoms with E-state index in [1.54, 1.807) is 11.4 Å². The lowest BCUT2D eigenvalue weighted by Gasteiger charge is -2.09. The van der Waals surface area contributed by atoms with E-state index in [-0.39, 0.29) is 6.54 Å². The molecule has 0 aliphatic carbocycles. The van der Waals surface area contributed by atoms with Crippen molar-refractivity contribution < 1.29 is 13.2 Å². The zero-order valence-electron chi connectivity index (χ0n) is 10.1. The van der Waals surface area contributed by atoms with E-state index in [1.165, 1.54) is 11.3 Å². The molecule has 1 aromatic rings. The van der Waals surface area contributed by atoms with Gasteiger partial charge < -0.3 is 10.5 Å². The molecule has 1 aliphatic rings. The fourth-order valence-corrected chi connectivity index (χ4v) is 4.38. The topological polar surface area (TPSA) is 81.4 Å². The summed E-state index contributed by atoms with van der Waals surface area (Å²) in [5.74, 6) is 0.476. The minimum absolute atomic E-state index is 0.254. The summed E-state index contributed by atoms with van der Waals surface area (Å²) in [6.07, 6.45) is 1.84. The summed E-state index contributed by atoms with van der Waals surface area (Å²) in [6.45, 7) is 2.24. The zero-order valence-corrected chi connectivity index (χ0v) is 11.7. The van der Waals surface area contributed by atoms with Gasteiger partial charge in [-0.1, -0.05) is 0 Å². The molecule has 1 aliphatic heterocycles. The van der Waals surface area contributed by atoms with Crippen LogP contribution in [0.5, 0.6) is 0 Å². The second kappa shape index (κ2) is 6.12. The van der Waals surface area contributed by atoms with Gasteiger partial charge in [-0.3, -0.25) is 0 Å². The number of sulfonamides is 1. The summed E-state index contributed by atoms with van der Waals surface area (Å²) in [4.78, 5) is 1.02. The maximum atomic E-state index is 12.1. The molecule has 1 aromatic heterocycles. The van der Waals surface area contributed by atoms with Crippen LogP contribution in [0.3, 0.4) is 0 Å². The molecular formula is C11H18N2O3S2. The van der Waals surface area contributed by atoms with E-state index in [0.29, 0.717) is 22.2 Å². The third-order valence-corrected chi connectivity index (χ3v) is 5.67. The second-order valence-corrected chi connectivity index (χ2v) is 7.06. The van der Waals surface area contributed by atoms with Crippen molar-refractivity contribution in [2.75, 3.05) is 19.8 Å². The first-order valence-electron chi connectivity index (χ1n) is 5.97. The number of rotatable bonds is 6. The third-order valence-electron chi connectivity index (χ3n) is 3.05. The van der Waals surface area contributed by atoms with Crippen LogP contribution in [0.1, 0.15) is 17.7 Å². The fourth-order valence-electron chi connectivity index (χ4n) is 2.00. The molecule has 1 fully saturated rings. The summed E-state index contributed by atoms with van der Waals surface area (Å²) >= 11 is 1.37. The predicted octanol–water partition coefficient (Wildman–Crippen LogP) is 0.912. The Morgan fingerprint density at radius 2 is 2.39 bits per heavy atom. The Hall–Kier alpha value is -0.470. The van der Waals surface area contributed by atoms with E-state index in [1.807, 2.05) is 0 Å². The Kier molecular flexibility index (Phi) is 4.74. The number of ether oxygens (including phenoxy) is 1. The molecular weight excluding hydrogens is 272 g/mol. The molecule has 0 bridgehead atoms. The van der Waals surface area contributed by atoms with Gasteiger partial charge in [0, 0.05) is 31.2 Å². The summed E-state index contributed by atoms with van der Waals surface area (Å²) in [7, 11) is -3.41. The molecule has 0 amide bonds. The Morgan fingerprint density at radius 3 is 3.06 bits per heavy atom. The van der Waals surface area contributed by atoms with Gasteiger partial charge in [-0.2, -0.15) is 0 Å². The predicted molar refractivity (Wildman–Crippen MR) is 70.9 cm³/mol. The van der Waals surface area contributed by atoms with Gasteiger partial charge in [0.15, 0.2) is 0 Å². The Bertz CT molecular complexity index is 478. The van der Waals surface area contributed by atoms with E-state index in [4.69, 9.17) is 10.5 Å². The Labute approximate surface area is 111 Å². The summed E-state index contributed by atoms with van der Waals surface area (Å²) in [5.41, 5.74) is 5.52. The smallest absolute Gasteiger partial charge is 0.241 e. The van der Waals surface area contributed by atoms with Gasteiger partial charge in [-0.25, -0.2) is 13.1 Å². The molecule has 0 saturated carbocycles. The Balaban J connectivity index is 1.91. The molecule has 2 rings (SSSR count). The number of hydrogen-bond acceptors (Lipinski definition) is 5. The van der Waals surface area contributed by atoms with Crippen molar-refractivity contribution in [3.8, 4) is 0 Å². The number of nitrogens with two attached hydrogens (primary N) is 1. The van der Waals surface area contributed by atoms with Gasteiger partial charge in [0.05, 0.1) is 4.90 Å². The van der Waals surface area contributed by atoms with Crippen LogP contribution >= 0.6 is 11.3 Å². The van der Waals surface area contributed by atoms with Gasteiger partial charge in [0.2, 0.25) is 10.0 Å². The first-order chi connectivity index (χ1) is 8.63. The summed E-state index contributed by atoms with van der Waals surface area (Å²) < 4.78 is 32.0. The van der Waals surface area contributed by atoms with Gasteiger partial charge in [-0.05, 0) is 30.2 Å². The van der Waals surface area contributed by atoms with E-state index in [9.17, 15) is 8.42 Å². The zero-order chi connectivity index (χ0) is 13.0. The fraction of sp³-hybridized carbons (Fsp3) is 0.636. The van der Waals surface area contributed by atoms with Crippen molar-refractivity contribution in [3.05, 3.63) is 16.3 Å². The first-order valence-corrected chi connectivity index (χ1v) is 8.33. The monoisotopic (exact) mass is 290 g/mol. The standard InChI is InChI=1S/C11H18N2O3S2/c12-7-10-11(3-6-17-10)18(14,15)13-4-1-9-2-5-16-8-9/h3,6,9,13H,1-2,4-5,7-8,12H2. The molecule has 5 nitrogen and oxygen atoms in total. The maximum absolute atomic E-state index is 12.1. The van der Waals surface area contributed by atoms with Crippen molar-refractivity contribution in [1.29, 1.82) is 0 Å². The van der Waals surface area contributed by atoms with Gasteiger partial charge in [0.1, 0.15) is 0 Å². The molecule has 18 heavy (non-hydrogen) atoms. The van der Waals surface area contributed by atoms with Crippen molar-refractivity contribution in [2.45, 2.75) is 24.3 Å². The molecule has 2 heterocycles. The van der Waals surface area contributed by atoms with Crippen LogP contribution in [0.25, 0.3) is 0 Å². The van der Waals surface area contributed by atoms with E-state index < -0.39 is 10.0 Å². The van der Waals surface area contributed by atoms with Gasteiger partial charge >= 0.3 is 0 Å². The molecule has 0 radical (unpaired) electrons. The summed E-state index contributed by atoms with van der Waals surface area (Å²) in [5, 5.41) is 1.75. The average molecular weight is 290 g/mol. The van der Waals surface area contributed by atoms with Crippen LogP contribution in [-0.4, -0.2) is 28.2 Å². The van der Waals surface area contributed by atoms with Crippen molar-refractivity contribution in [3.63, 3.8) is 0 Å². The van der Waals surface area contributed by atoms with E-state index in [2.05, 4.69) is 4.72 Å². The SMILES string of the molecule is NCc1sccc1S(=O)(=O)NCCC1CCOC1. The normalized spacial score (nSPS) is 20.4. The minimum Gasteiger partial charge on any atom is -0.381 e. The number of thiophene rings is 1. The van der Waals surface area contributed by atoms with Crippen LogP contribution in [-0.2, 0) is 21.3 Å². The minimum atomic E-state index is -3.41. The molecule has 3 N–H and O–H groups in total. The van der Waals surface area contributed by atoms with E-state index in [0.717, 1.165) is 26.1 Å². The molecule has 7 heteroatoms. The van der Waals surface area contributed by atoms with Crippen LogP contribution in [0.15, 0.2) is 16.3 Å². The average Bonchev–Trinajstić information content (AvgIpc) is 2.99. The van der Waals surface area contributed by atoms with Gasteiger partial charge in [0.25, 0.3) is 0 Å². The molecule has 0 spiro atoms. The molecule has 0 aromatic carbocycles. The molecule has 1 atom stereocenters. The van der Waals surface area contributed by atoms with Crippen molar-refractivity contribution in [2.24, 2.45) is 11.7 Å². The number of nitrogens with one attached hydrogen (secondary N) is 1.